The van der Waals surface area contributed by atoms with Gasteiger partial charge in [-0.3, -0.25) is 0 Å². The second-order valence-electron chi connectivity index (χ2n) is 5.90. The molecular weight excluding hydrogens is 320 g/mol. The Hall–Kier alpha value is -2.32. The number of hydrogen-bond acceptors (Lipinski definition) is 4. The van der Waals surface area contributed by atoms with E-state index in [2.05, 4.69) is 11.1 Å². The first-order chi connectivity index (χ1) is 11.7. The van der Waals surface area contributed by atoms with Crippen molar-refractivity contribution >= 4 is 12.2 Å². The van der Waals surface area contributed by atoms with Crippen LogP contribution in [0, 0.1) is 16.0 Å². The normalized spacial score (nSPS) is 13.5. The van der Waals surface area contributed by atoms with Gasteiger partial charge in [0.25, 0.3) is 0 Å². The van der Waals surface area contributed by atoms with Gasteiger partial charge in [-0.25, -0.2) is 0 Å². The summed E-state index contributed by atoms with van der Waals surface area (Å²) in [6.45, 7) is 0. The number of nitrogens with one attached hydrogen (secondary N) is 1. The van der Waals surface area contributed by atoms with Crippen LogP contribution in [0.4, 0.5) is 0 Å². The fraction of sp³-hybridized carbons (Fsp3) is 0.368. The summed E-state index contributed by atoms with van der Waals surface area (Å²) in [7, 11) is 3.23. The number of hydrogen-bond donors (Lipinski definition) is 1. The van der Waals surface area contributed by atoms with Gasteiger partial charge in [0.15, 0.2) is 11.5 Å². The van der Waals surface area contributed by atoms with Gasteiger partial charge >= 0.3 is 0 Å². The number of fused-ring (bicyclic) bond motifs is 1. The fourth-order valence-electron chi connectivity index (χ4n) is 3.38. The molecule has 0 radical (unpaired) electrons. The summed E-state index contributed by atoms with van der Waals surface area (Å²) in [5.41, 5.74) is 4.81. The summed E-state index contributed by atoms with van der Waals surface area (Å²) in [6.07, 6.45) is 5.41. The summed E-state index contributed by atoms with van der Waals surface area (Å²) in [5.74, 6) is 1.33. The molecule has 1 heterocycles. The molecule has 0 saturated carbocycles. The van der Waals surface area contributed by atoms with Gasteiger partial charge < -0.3 is 14.5 Å². The molecule has 1 aliphatic rings. The van der Waals surface area contributed by atoms with Crippen molar-refractivity contribution < 1.29 is 9.47 Å². The zero-order valence-corrected chi connectivity index (χ0v) is 14.8. The highest BCUT2D eigenvalue weighted by atomic mass is 32.1. The van der Waals surface area contributed by atoms with Gasteiger partial charge in [0.05, 0.1) is 19.8 Å². The summed E-state index contributed by atoms with van der Waals surface area (Å²) in [4.78, 5) is 3.28. The maximum absolute atomic E-state index is 9.67. The molecule has 0 bridgehead atoms. The number of aromatic nitrogens is 1. The molecule has 0 spiro atoms. The third-order valence-electron chi connectivity index (χ3n) is 4.55. The maximum atomic E-state index is 9.67. The highest BCUT2D eigenvalue weighted by molar-refractivity contribution is 7.71. The van der Waals surface area contributed by atoms with Crippen molar-refractivity contribution in [2.75, 3.05) is 14.2 Å². The Balaban J connectivity index is 2.29. The van der Waals surface area contributed by atoms with Gasteiger partial charge in [0.1, 0.15) is 10.7 Å². The number of H-pyrrole nitrogens is 1. The van der Waals surface area contributed by atoms with Crippen LogP contribution in [0.3, 0.4) is 0 Å². The number of rotatable bonds is 3. The van der Waals surface area contributed by atoms with Crippen molar-refractivity contribution in [3.05, 3.63) is 39.7 Å². The number of pyridine rings is 1. The van der Waals surface area contributed by atoms with Crippen LogP contribution in [0.15, 0.2) is 18.2 Å². The fourth-order valence-corrected chi connectivity index (χ4v) is 3.65. The zero-order chi connectivity index (χ0) is 17.1. The summed E-state index contributed by atoms with van der Waals surface area (Å²) in [5, 5.41) is 9.67. The molecule has 4 nitrogen and oxygen atoms in total. The quantitative estimate of drug-likeness (QED) is 0.657. The molecule has 1 aliphatic carbocycles. The van der Waals surface area contributed by atoms with Gasteiger partial charge in [-0.2, -0.15) is 5.26 Å². The Morgan fingerprint density at radius 1 is 1.08 bits per heavy atom. The third-order valence-corrected chi connectivity index (χ3v) is 4.85. The molecule has 1 aromatic heterocycles. The minimum absolute atomic E-state index is 0.517. The van der Waals surface area contributed by atoms with Crippen molar-refractivity contribution in [1.82, 2.24) is 4.98 Å². The van der Waals surface area contributed by atoms with Crippen LogP contribution in [-0.2, 0) is 12.8 Å². The molecule has 24 heavy (non-hydrogen) atoms. The highest BCUT2D eigenvalue weighted by Crippen LogP contribution is 2.37. The Kier molecular flexibility index (Phi) is 4.86. The highest BCUT2D eigenvalue weighted by Gasteiger charge is 2.20. The second-order valence-corrected chi connectivity index (χ2v) is 6.31. The van der Waals surface area contributed by atoms with Gasteiger partial charge in [-0.1, -0.05) is 24.7 Å². The van der Waals surface area contributed by atoms with Gasteiger partial charge in [0, 0.05) is 11.3 Å². The lowest BCUT2D eigenvalue weighted by Gasteiger charge is -2.16. The topological polar surface area (TPSA) is 58.0 Å². The van der Waals surface area contributed by atoms with E-state index in [1.54, 1.807) is 14.2 Å². The van der Waals surface area contributed by atoms with Crippen LogP contribution in [-0.4, -0.2) is 19.2 Å². The number of benzene rings is 1. The molecule has 124 valence electrons. The first-order valence-electron chi connectivity index (χ1n) is 8.10. The lowest BCUT2D eigenvalue weighted by molar-refractivity contribution is 0.355. The number of nitrogens with zero attached hydrogens (tertiary/aromatic N) is 1. The number of nitriles is 1. The number of ether oxygens (including phenoxy) is 2. The van der Waals surface area contributed by atoms with Crippen LogP contribution < -0.4 is 9.47 Å². The third kappa shape index (κ3) is 2.90. The molecular formula is C19H20N2O2S. The van der Waals surface area contributed by atoms with E-state index < -0.39 is 0 Å². The predicted octanol–water partition coefficient (Wildman–Crippen LogP) is 4.57. The van der Waals surface area contributed by atoms with Crippen LogP contribution >= 0.6 is 12.2 Å². The largest absolute Gasteiger partial charge is 0.493 e. The van der Waals surface area contributed by atoms with Gasteiger partial charge in [-0.05, 0) is 48.9 Å². The average Bonchev–Trinajstić information content (AvgIpc) is 2.85. The Morgan fingerprint density at radius 2 is 1.83 bits per heavy atom. The summed E-state index contributed by atoms with van der Waals surface area (Å²) in [6, 6.07) is 8.06. The molecule has 3 rings (SSSR count). The monoisotopic (exact) mass is 340 g/mol. The molecule has 1 N–H and O–H groups in total. The van der Waals surface area contributed by atoms with Crippen LogP contribution in [0.2, 0.25) is 0 Å². The van der Waals surface area contributed by atoms with E-state index in [4.69, 9.17) is 21.7 Å². The van der Waals surface area contributed by atoms with Gasteiger partial charge in [-0.15, -0.1) is 0 Å². The molecule has 0 unspecified atom stereocenters. The van der Waals surface area contributed by atoms with Gasteiger partial charge in [0.2, 0.25) is 0 Å². The van der Waals surface area contributed by atoms with E-state index >= 15 is 0 Å². The SMILES string of the molecule is COc1ccc(-c2c3c([nH]c(=S)c2C#N)CCCCC3)cc1OC. The number of aromatic amines is 1. The van der Waals surface area contributed by atoms with Crippen LogP contribution in [0.5, 0.6) is 11.5 Å². The molecule has 0 atom stereocenters. The van der Waals surface area contributed by atoms with E-state index in [0.717, 1.165) is 36.8 Å². The van der Waals surface area contributed by atoms with Crippen molar-refractivity contribution in [3.8, 4) is 28.7 Å². The molecule has 0 fully saturated rings. The van der Waals surface area contributed by atoms with Crippen LogP contribution in [0.1, 0.15) is 36.1 Å². The van der Waals surface area contributed by atoms with E-state index in [1.807, 2.05) is 18.2 Å². The van der Waals surface area contributed by atoms with Crippen molar-refractivity contribution in [3.63, 3.8) is 0 Å². The van der Waals surface area contributed by atoms with Crippen LogP contribution in [0.25, 0.3) is 11.1 Å². The molecule has 0 amide bonds. The second kappa shape index (κ2) is 7.06. The van der Waals surface area contributed by atoms with E-state index in [1.165, 1.54) is 17.7 Å². The maximum Gasteiger partial charge on any atom is 0.161 e. The lowest BCUT2D eigenvalue weighted by Crippen LogP contribution is -2.03. The molecule has 0 saturated heterocycles. The molecule has 0 aliphatic heterocycles. The number of aryl methyl sites for hydroxylation is 1. The van der Waals surface area contributed by atoms with E-state index in [0.29, 0.717) is 21.7 Å². The minimum Gasteiger partial charge on any atom is -0.493 e. The molecule has 5 heteroatoms. The molecule has 2 aromatic rings. The summed E-state index contributed by atoms with van der Waals surface area (Å²) >= 11 is 5.44. The van der Waals surface area contributed by atoms with Crippen molar-refractivity contribution in [2.45, 2.75) is 32.1 Å². The van der Waals surface area contributed by atoms with E-state index in [-0.39, 0.29) is 0 Å². The number of methoxy groups -OCH3 is 2. The average molecular weight is 340 g/mol. The van der Waals surface area contributed by atoms with Crippen molar-refractivity contribution in [2.24, 2.45) is 0 Å². The zero-order valence-electron chi connectivity index (χ0n) is 13.9. The van der Waals surface area contributed by atoms with E-state index in [9.17, 15) is 5.26 Å². The van der Waals surface area contributed by atoms with Crippen molar-refractivity contribution in [1.29, 1.82) is 5.26 Å². The Bertz CT molecular complexity index is 865. The standard InChI is InChI=1S/C19H20N2O2S/c1-22-16-9-8-12(10-17(16)23-2)18-13-6-4-3-5-7-15(13)21-19(24)14(18)11-20/h8-10H,3-7H2,1-2H3,(H,21,24). The Morgan fingerprint density at radius 3 is 2.54 bits per heavy atom. The summed E-state index contributed by atoms with van der Waals surface area (Å²) < 4.78 is 11.3. The first-order valence-corrected chi connectivity index (χ1v) is 8.51. The lowest BCUT2D eigenvalue weighted by atomic mass is 9.92. The minimum atomic E-state index is 0.517. The smallest absolute Gasteiger partial charge is 0.161 e. The Labute approximate surface area is 147 Å². The molecule has 1 aromatic carbocycles. The predicted molar refractivity (Wildman–Crippen MR) is 96.1 cm³/mol. The first kappa shape index (κ1) is 16.5.